The maximum absolute atomic E-state index is 13.1. The Labute approximate surface area is 166 Å². The number of aromatic nitrogens is 1. The molecule has 27 heavy (non-hydrogen) atoms. The summed E-state index contributed by atoms with van der Waals surface area (Å²) in [7, 11) is 0. The molecule has 2 aromatic rings. The number of piperidine rings is 2. The molecule has 0 aliphatic carbocycles. The minimum absolute atomic E-state index is 0.193. The van der Waals surface area contributed by atoms with Crippen LogP contribution in [-0.2, 0) is 6.54 Å². The van der Waals surface area contributed by atoms with Crippen molar-refractivity contribution in [1.29, 1.82) is 0 Å². The standard InChI is InChI=1S/C22H29N3OS/c1-17-7-8-20(22(26)25-11-3-2-4-12-25)21(23-17)18-9-13-24(14-10-18)16-19-6-5-15-27-19/h5-8,15,18H,2-4,9-14,16H2,1H3. The summed E-state index contributed by atoms with van der Waals surface area (Å²) in [6, 6.07) is 8.36. The zero-order valence-corrected chi connectivity index (χ0v) is 17.0. The number of rotatable bonds is 4. The second-order valence-corrected chi connectivity index (χ2v) is 8.90. The number of nitrogens with zero attached hydrogens (tertiary/aromatic N) is 3. The average Bonchev–Trinajstić information content (AvgIpc) is 3.22. The minimum atomic E-state index is 0.193. The van der Waals surface area contributed by atoms with Crippen molar-refractivity contribution in [1.82, 2.24) is 14.8 Å². The molecule has 5 heteroatoms. The van der Waals surface area contributed by atoms with Crippen molar-refractivity contribution in [3.05, 3.63) is 51.5 Å². The fourth-order valence-electron chi connectivity index (χ4n) is 4.32. The summed E-state index contributed by atoms with van der Waals surface area (Å²) in [5, 5.41) is 2.15. The van der Waals surface area contributed by atoms with E-state index in [1.165, 1.54) is 11.3 Å². The van der Waals surface area contributed by atoms with Crippen molar-refractivity contribution >= 4 is 17.2 Å². The summed E-state index contributed by atoms with van der Waals surface area (Å²) in [6.07, 6.45) is 5.67. The summed E-state index contributed by atoms with van der Waals surface area (Å²) in [6.45, 7) is 7.03. The molecule has 2 aromatic heterocycles. The first-order chi connectivity index (χ1) is 13.2. The third kappa shape index (κ3) is 4.41. The van der Waals surface area contributed by atoms with Crippen molar-refractivity contribution in [2.75, 3.05) is 26.2 Å². The molecule has 2 fully saturated rings. The van der Waals surface area contributed by atoms with Crippen molar-refractivity contribution < 1.29 is 4.79 Å². The van der Waals surface area contributed by atoms with Gasteiger partial charge >= 0.3 is 0 Å². The Morgan fingerprint density at radius 3 is 2.59 bits per heavy atom. The van der Waals surface area contributed by atoms with Gasteiger partial charge in [-0.15, -0.1) is 11.3 Å². The van der Waals surface area contributed by atoms with Crippen LogP contribution in [0.5, 0.6) is 0 Å². The largest absolute Gasteiger partial charge is 0.339 e. The number of carbonyl (C=O) groups is 1. The van der Waals surface area contributed by atoms with E-state index >= 15 is 0 Å². The monoisotopic (exact) mass is 383 g/mol. The molecule has 0 aromatic carbocycles. The highest BCUT2D eigenvalue weighted by molar-refractivity contribution is 7.09. The lowest BCUT2D eigenvalue weighted by Crippen LogP contribution is -2.37. The van der Waals surface area contributed by atoms with Gasteiger partial charge in [0, 0.05) is 36.1 Å². The van der Waals surface area contributed by atoms with Crippen LogP contribution in [0.4, 0.5) is 0 Å². The predicted molar refractivity (Wildman–Crippen MR) is 110 cm³/mol. The third-order valence-corrected chi connectivity index (χ3v) is 6.73. The topological polar surface area (TPSA) is 36.4 Å². The van der Waals surface area contributed by atoms with Crippen molar-refractivity contribution in [3.8, 4) is 0 Å². The predicted octanol–water partition coefficient (Wildman–Crippen LogP) is 4.46. The molecule has 1 amide bonds. The van der Waals surface area contributed by atoms with E-state index < -0.39 is 0 Å². The van der Waals surface area contributed by atoms with E-state index in [0.717, 1.165) is 75.4 Å². The molecule has 0 unspecified atom stereocenters. The first-order valence-corrected chi connectivity index (χ1v) is 11.1. The molecule has 4 nitrogen and oxygen atoms in total. The van der Waals surface area contributed by atoms with Crippen molar-refractivity contribution in [3.63, 3.8) is 0 Å². The second kappa shape index (κ2) is 8.53. The normalized spacial score (nSPS) is 19.4. The van der Waals surface area contributed by atoms with Gasteiger partial charge in [-0.05, 0) is 75.7 Å². The van der Waals surface area contributed by atoms with Gasteiger partial charge in [0.05, 0.1) is 11.3 Å². The van der Waals surface area contributed by atoms with Crippen LogP contribution >= 0.6 is 11.3 Å². The van der Waals surface area contributed by atoms with Gasteiger partial charge in [-0.2, -0.15) is 0 Å². The molecule has 0 atom stereocenters. The summed E-state index contributed by atoms with van der Waals surface area (Å²) in [4.78, 5) is 24.0. The van der Waals surface area contributed by atoms with E-state index in [9.17, 15) is 4.79 Å². The number of hydrogen-bond donors (Lipinski definition) is 0. The Morgan fingerprint density at radius 2 is 1.89 bits per heavy atom. The molecule has 0 spiro atoms. The molecule has 0 N–H and O–H groups in total. The van der Waals surface area contributed by atoms with Gasteiger partial charge in [-0.3, -0.25) is 14.7 Å². The molecule has 2 saturated heterocycles. The van der Waals surface area contributed by atoms with Crippen LogP contribution in [0.25, 0.3) is 0 Å². The highest BCUT2D eigenvalue weighted by atomic mass is 32.1. The number of thiophene rings is 1. The fraction of sp³-hybridized carbons (Fsp3) is 0.545. The van der Waals surface area contributed by atoms with Gasteiger partial charge in [0.15, 0.2) is 0 Å². The Hall–Kier alpha value is -1.72. The van der Waals surface area contributed by atoms with E-state index in [2.05, 4.69) is 22.4 Å². The Morgan fingerprint density at radius 1 is 1.11 bits per heavy atom. The van der Waals surface area contributed by atoms with Crippen LogP contribution in [0, 0.1) is 6.92 Å². The number of aryl methyl sites for hydroxylation is 1. The van der Waals surface area contributed by atoms with Crippen LogP contribution in [0.15, 0.2) is 29.6 Å². The Balaban J connectivity index is 1.46. The van der Waals surface area contributed by atoms with Crippen molar-refractivity contribution in [2.45, 2.75) is 51.5 Å². The van der Waals surface area contributed by atoms with Gasteiger partial charge < -0.3 is 4.90 Å². The molecule has 144 valence electrons. The molecule has 4 rings (SSSR count). The summed E-state index contributed by atoms with van der Waals surface area (Å²) in [5.74, 6) is 0.589. The summed E-state index contributed by atoms with van der Waals surface area (Å²) in [5.41, 5.74) is 2.90. The minimum Gasteiger partial charge on any atom is -0.339 e. The van der Waals surface area contributed by atoms with E-state index in [-0.39, 0.29) is 5.91 Å². The zero-order valence-electron chi connectivity index (χ0n) is 16.2. The maximum atomic E-state index is 13.1. The summed E-state index contributed by atoms with van der Waals surface area (Å²) >= 11 is 1.83. The van der Waals surface area contributed by atoms with E-state index in [1.54, 1.807) is 0 Å². The van der Waals surface area contributed by atoms with Crippen LogP contribution in [-0.4, -0.2) is 46.9 Å². The molecule has 2 aliphatic rings. The van der Waals surface area contributed by atoms with Crippen LogP contribution < -0.4 is 0 Å². The van der Waals surface area contributed by atoms with Gasteiger partial charge in [-0.1, -0.05) is 6.07 Å². The first kappa shape index (κ1) is 18.6. The molecule has 2 aliphatic heterocycles. The van der Waals surface area contributed by atoms with Crippen molar-refractivity contribution in [2.24, 2.45) is 0 Å². The van der Waals surface area contributed by atoms with E-state index in [1.807, 2.05) is 35.3 Å². The third-order valence-electron chi connectivity index (χ3n) is 5.87. The van der Waals surface area contributed by atoms with Gasteiger partial charge in [-0.25, -0.2) is 0 Å². The molecule has 0 radical (unpaired) electrons. The first-order valence-electron chi connectivity index (χ1n) is 10.2. The van der Waals surface area contributed by atoms with E-state index in [4.69, 9.17) is 4.98 Å². The fourth-order valence-corrected chi connectivity index (χ4v) is 5.07. The highest BCUT2D eigenvalue weighted by Crippen LogP contribution is 2.31. The SMILES string of the molecule is Cc1ccc(C(=O)N2CCCCC2)c(C2CCN(Cc3cccs3)CC2)n1. The van der Waals surface area contributed by atoms with Gasteiger partial charge in [0.2, 0.25) is 0 Å². The highest BCUT2D eigenvalue weighted by Gasteiger charge is 2.28. The maximum Gasteiger partial charge on any atom is 0.255 e. The average molecular weight is 384 g/mol. The molecular weight excluding hydrogens is 354 g/mol. The molecule has 0 saturated carbocycles. The number of amides is 1. The number of hydrogen-bond acceptors (Lipinski definition) is 4. The Kier molecular flexibility index (Phi) is 5.89. The van der Waals surface area contributed by atoms with Gasteiger partial charge in [0.25, 0.3) is 5.91 Å². The molecule has 0 bridgehead atoms. The van der Waals surface area contributed by atoms with Crippen LogP contribution in [0.2, 0.25) is 0 Å². The lowest BCUT2D eigenvalue weighted by atomic mass is 9.89. The van der Waals surface area contributed by atoms with E-state index in [0.29, 0.717) is 5.92 Å². The quantitative estimate of drug-likeness (QED) is 0.782. The van der Waals surface area contributed by atoms with Crippen LogP contribution in [0.3, 0.4) is 0 Å². The lowest BCUT2D eigenvalue weighted by Gasteiger charge is -2.33. The lowest BCUT2D eigenvalue weighted by molar-refractivity contribution is 0.0721. The number of carbonyl (C=O) groups excluding carboxylic acids is 1. The zero-order chi connectivity index (χ0) is 18.6. The molecule has 4 heterocycles. The van der Waals surface area contributed by atoms with Crippen LogP contribution in [0.1, 0.15) is 64.6 Å². The van der Waals surface area contributed by atoms with Gasteiger partial charge in [0.1, 0.15) is 0 Å². The smallest absolute Gasteiger partial charge is 0.255 e. The molecular formula is C22H29N3OS. The number of likely N-dealkylation sites (tertiary alicyclic amines) is 2. The second-order valence-electron chi connectivity index (χ2n) is 7.87. The summed E-state index contributed by atoms with van der Waals surface area (Å²) < 4.78 is 0. The number of pyridine rings is 1. The Bertz CT molecular complexity index is 760.